The van der Waals surface area contributed by atoms with E-state index < -0.39 is 6.17 Å². The molecule has 1 aromatic heterocycles. The molecule has 0 radical (unpaired) electrons. The first-order valence-corrected chi connectivity index (χ1v) is 4.54. The zero-order chi connectivity index (χ0) is 9.97. The Kier molecular flexibility index (Phi) is 2.58. The number of nitrogens with zero attached hydrogens (tertiary/aromatic N) is 2. The Hall–Kier alpha value is -1.23. The van der Waals surface area contributed by atoms with Crippen LogP contribution in [0.3, 0.4) is 0 Å². The highest BCUT2D eigenvalue weighted by Crippen LogP contribution is 2.14. The van der Waals surface area contributed by atoms with E-state index >= 15 is 0 Å². The van der Waals surface area contributed by atoms with Gasteiger partial charge in [0.05, 0.1) is 19.3 Å². The Morgan fingerprint density at radius 2 is 2.43 bits per heavy atom. The molecule has 0 saturated carbocycles. The maximum absolute atomic E-state index is 13.1. The SMILES string of the molecule is Cc1nccc(NC2COCC2F)n1. The molecule has 1 saturated heterocycles. The van der Waals surface area contributed by atoms with Crippen molar-refractivity contribution < 1.29 is 9.13 Å². The van der Waals surface area contributed by atoms with Crippen molar-refractivity contribution in [2.75, 3.05) is 18.5 Å². The number of alkyl halides is 1. The third-order valence-electron chi connectivity index (χ3n) is 2.12. The lowest BCUT2D eigenvalue weighted by Crippen LogP contribution is -2.29. The van der Waals surface area contributed by atoms with E-state index in [1.54, 1.807) is 19.2 Å². The minimum Gasteiger partial charge on any atom is -0.376 e. The number of halogens is 1. The number of hydrogen-bond donors (Lipinski definition) is 1. The molecule has 5 heteroatoms. The summed E-state index contributed by atoms with van der Waals surface area (Å²) >= 11 is 0. The molecule has 0 aromatic carbocycles. The van der Waals surface area contributed by atoms with E-state index in [4.69, 9.17) is 4.74 Å². The third kappa shape index (κ3) is 1.98. The fourth-order valence-corrected chi connectivity index (χ4v) is 1.39. The summed E-state index contributed by atoms with van der Waals surface area (Å²) in [6.07, 6.45) is 0.693. The molecule has 2 atom stereocenters. The molecule has 14 heavy (non-hydrogen) atoms. The fraction of sp³-hybridized carbons (Fsp3) is 0.556. The molecule has 2 heterocycles. The summed E-state index contributed by atoms with van der Waals surface area (Å²) < 4.78 is 18.1. The van der Waals surface area contributed by atoms with Gasteiger partial charge >= 0.3 is 0 Å². The Bertz CT molecular complexity index is 321. The lowest BCUT2D eigenvalue weighted by molar-refractivity contribution is 0.173. The largest absolute Gasteiger partial charge is 0.376 e. The normalized spacial score (nSPS) is 26.4. The predicted molar refractivity (Wildman–Crippen MR) is 49.9 cm³/mol. The first-order chi connectivity index (χ1) is 6.75. The Morgan fingerprint density at radius 1 is 1.57 bits per heavy atom. The highest BCUT2D eigenvalue weighted by atomic mass is 19.1. The number of ether oxygens (including phenoxy) is 1. The standard InChI is InChI=1S/C9H12FN3O/c1-6-11-3-2-9(12-6)13-8-5-14-4-7(8)10/h2-3,7-8H,4-5H2,1H3,(H,11,12,13). The van der Waals surface area contributed by atoms with Gasteiger partial charge in [0.15, 0.2) is 0 Å². The van der Waals surface area contributed by atoms with E-state index in [0.29, 0.717) is 18.2 Å². The highest BCUT2D eigenvalue weighted by molar-refractivity contribution is 5.34. The molecule has 0 aliphatic carbocycles. The quantitative estimate of drug-likeness (QED) is 0.766. The molecule has 1 aliphatic rings. The van der Waals surface area contributed by atoms with Gasteiger partial charge in [-0.15, -0.1) is 0 Å². The lowest BCUT2D eigenvalue weighted by Gasteiger charge is -2.13. The average molecular weight is 197 g/mol. The number of hydrogen-bond acceptors (Lipinski definition) is 4. The first-order valence-electron chi connectivity index (χ1n) is 4.54. The van der Waals surface area contributed by atoms with Crippen molar-refractivity contribution in [2.45, 2.75) is 19.1 Å². The van der Waals surface area contributed by atoms with E-state index in [0.717, 1.165) is 0 Å². The molecule has 0 spiro atoms. The van der Waals surface area contributed by atoms with Crippen molar-refractivity contribution in [3.8, 4) is 0 Å². The predicted octanol–water partition coefficient (Wildman–Crippen LogP) is 0.934. The van der Waals surface area contributed by atoms with Crippen LogP contribution in [0.2, 0.25) is 0 Å². The molecule has 0 bridgehead atoms. The second-order valence-electron chi connectivity index (χ2n) is 3.29. The number of rotatable bonds is 2. The van der Waals surface area contributed by atoms with Crippen molar-refractivity contribution in [1.82, 2.24) is 9.97 Å². The molecule has 4 nitrogen and oxygen atoms in total. The number of nitrogens with one attached hydrogen (secondary N) is 1. The van der Waals surface area contributed by atoms with Crippen LogP contribution in [0, 0.1) is 6.92 Å². The molecule has 0 amide bonds. The van der Waals surface area contributed by atoms with E-state index in [1.807, 2.05) is 0 Å². The summed E-state index contributed by atoms with van der Waals surface area (Å²) in [6, 6.07) is 1.43. The molecular weight excluding hydrogens is 185 g/mol. The monoisotopic (exact) mass is 197 g/mol. The summed E-state index contributed by atoms with van der Waals surface area (Å²) in [5.74, 6) is 1.32. The minimum atomic E-state index is -0.953. The van der Waals surface area contributed by atoms with Crippen LogP contribution in [0.1, 0.15) is 5.82 Å². The van der Waals surface area contributed by atoms with Gasteiger partial charge in [0.2, 0.25) is 0 Å². The fourth-order valence-electron chi connectivity index (χ4n) is 1.39. The summed E-state index contributed by atoms with van der Waals surface area (Å²) in [7, 11) is 0. The maximum Gasteiger partial charge on any atom is 0.146 e. The van der Waals surface area contributed by atoms with Crippen LogP contribution in [-0.4, -0.2) is 35.4 Å². The van der Waals surface area contributed by atoms with Crippen molar-refractivity contribution in [3.05, 3.63) is 18.1 Å². The molecule has 1 N–H and O–H groups in total. The first kappa shape index (κ1) is 9.33. The van der Waals surface area contributed by atoms with Crippen molar-refractivity contribution >= 4 is 5.82 Å². The van der Waals surface area contributed by atoms with Gasteiger partial charge in [-0.25, -0.2) is 14.4 Å². The summed E-state index contributed by atoms with van der Waals surface area (Å²) in [5, 5.41) is 2.98. The van der Waals surface area contributed by atoms with Gasteiger partial charge in [0.25, 0.3) is 0 Å². The van der Waals surface area contributed by atoms with Crippen LogP contribution in [0.15, 0.2) is 12.3 Å². The molecule has 1 fully saturated rings. The van der Waals surface area contributed by atoms with Gasteiger partial charge < -0.3 is 10.1 Å². The Labute approximate surface area is 81.5 Å². The average Bonchev–Trinajstić information content (AvgIpc) is 2.52. The van der Waals surface area contributed by atoms with Gasteiger partial charge in [-0.05, 0) is 13.0 Å². The summed E-state index contributed by atoms with van der Waals surface area (Å²) in [5.41, 5.74) is 0. The van der Waals surface area contributed by atoms with E-state index in [1.165, 1.54) is 0 Å². The van der Waals surface area contributed by atoms with E-state index in [9.17, 15) is 4.39 Å². The van der Waals surface area contributed by atoms with Crippen molar-refractivity contribution in [2.24, 2.45) is 0 Å². The van der Waals surface area contributed by atoms with Gasteiger partial charge in [0, 0.05) is 6.20 Å². The number of aryl methyl sites for hydroxylation is 1. The van der Waals surface area contributed by atoms with Crippen LogP contribution in [0.4, 0.5) is 10.2 Å². The molecule has 2 unspecified atom stereocenters. The molecule has 1 aliphatic heterocycles. The summed E-state index contributed by atoms with van der Waals surface area (Å²) in [4.78, 5) is 8.08. The van der Waals surface area contributed by atoms with Gasteiger partial charge in [-0.2, -0.15) is 0 Å². The van der Waals surface area contributed by atoms with Gasteiger partial charge in [0.1, 0.15) is 17.8 Å². The third-order valence-corrected chi connectivity index (χ3v) is 2.12. The second-order valence-corrected chi connectivity index (χ2v) is 3.29. The smallest absolute Gasteiger partial charge is 0.146 e. The summed E-state index contributed by atoms with van der Waals surface area (Å²) in [6.45, 7) is 2.36. The zero-order valence-corrected chi connectivity index (χ0v) is 7.90. The van der Waals surface area contributed by atoms with Crippen LogP contribution in [0.5, 0.6) is 0 Å². The van der Waals surface area contributed by atoms with Crippen LogP contribution in [-0.2, 0) is 4.74 Å². The second kappa shape index (κ2) is 3.88. The topological polar surface area (TPSA) is 47.0 Å². The zero-order valence-electron chi connectivity index (χ0n) is 7.90. The van der Waals surface area contributed by atoms with Crippen molar-refractivity contribution in [3.63, 3.8) is 0 Å². The van der Waals surface area contributed by atoms with Crippen LogP contribution in [0.25, 0.3) is 0 Å². The minimum absolute atomic E-state index is 0.168. The van der Waals surface area contributed by atoms with Crippen molar-refractivity contribution in [1.29, 1.82) is 0 Å². The lowest BCUT2D eigenvalue weighted by atomic mass is 10.2. The van der Waals surface area contributed by atoms with Gasteiger partial charge in [-0.3, -0.25) is 0 Å². The maximum atomic E-state index is 13.1. The molecule has 1 aromatic rings. The highest BCUT2D eigenvalue weighted by Gasteiger charge is 2.27. The van der Waals surface area contributed by atoms with Gasteiger partial charge in [-0.1, -0.05) is 0 Å². The Morgan fingerprint density at radius 3 is 3.07 bits per heavy atom. The Balaban J connectivity index is 2.03. The number of anilines is 1. The molecule has 76 valence electrons. The van der Waals surface area contributed by atoms with Crippen LogP contribution < -0.4 is 5.32 Å². The molecular formula is C9H12FN3O. The van der Waals surface area contributed by atoms with E-state index in [2.05, 4.69) is 15.3 Å². The molecule has 2 rings (SSSR count). The van der Waals surface area contributed by atoms with E-state index in [-0.39, 0.29) is 12.6 Å². The number of aromatic nitrogens is 2. The van der Waals surface area contributed by atoms with Crippen LogP contribution >= 0.6 is 0 Å².